The molecular formula is C28H30FN5O2S. The van der Waals surface area contributed by atoms with Gasteiger partial charge in [0, 0.05) is 57.1 Å². The van der Waals surface area contributed by atoms with Crippen LogP contribution in [0.2, 0.25) is 0 Å². The number of halogens is 1. The summed E-state index contributed by atoms with van der Waals surface area (Å²) >= 11 is 1.34. The van der Waals surface area contributed by atoms with Crippen molar-refractivity contribution in [3.8, 4) is 0 Å². The summed E-state index contributed by atoms with van der Waals surface area (Å²) in [6, 6.07) is 18.9. The van der Waals surface area contributed by atoms with E-state index in [0.29, 0.717) is 57.8 Å². The third-order valence-electron chi connectivity index (χ3n) is 6.56. The van der Waals surface area contributed by atoms with Crippen LogP contribution in [0.1, 0.15) is 29.1 Å². The molecule has 1 fully saturated rings. The molecule has 0 spiro atoms. The number of furan rings is 1. The lowest BCUT2D eigenvalue weighted by molar-refractivity contribution is -0.131. The largest absolute Gasteiger partial charge is 0.467 e. The fraction of sp³-hybridized carbons (Fsp3) is 0.321. The molecule has 0 unspecified atom stereocenters. The number of carbonyl (C=O) groups is 1. The number of para-hydroxylation sites is 1. The van der Waals surface area contributed by atoms with E-state index < -0.39 is 0 Å². The standard InChI is InChI=1S/C28H30FN5O2S/c1-21-8-10-22(11-9-21)19-26-30-28(37-31-26)34(20-23-5-4-18-36-23)13-12-27(35)33-16-14-32(15-17-33)25-7-3-2-6-24(25)29/h2-11,18H,12-17,19-20H2,1H3. The molecule has 0 radical (unpaired) electrons. The van der Waals surface area contributed by atoms with Crippen LogP contribution in [0.25, 0.3) is 0 Å². The van der Waals surface area contributed by atoms with Gasteiger partial charge in [-0.1, -0.05) is 42.0 Å². The van der Waals surface area contributed by atoms with Gasteiger partial charge >= 0.3 is 0 Å². The van der Waals surface area contributed by atoms with Gasteiger partial charge in [-0.2, -0.15) is 4.37 Å². The average molecular weight is 520 g/mol. The van der Waals surface area contributed by atoms with Gasteiger partial charge in [-0.25, -0.2) is 9.37 Å². The molecule has 0 bridgehead atoms. The van der Waals surface area contributed by atoms with E-state index in [2.05, 4.69) is 40.5 Å². The highest BCUT2D eigenvalue weighted by Gasteiger charge is 2.24. The van der Waals surface area contributed by atoms with Crippen LogP contribution < -0.4 is 9.80 Å². The number of nitrogens with zero attached hydrogens (tertiary/aromatic N) is 5. The maximum absolute atomic E-state index is 14.2. The van der Waals surface area contributed by atoms with E-state index in [-0.39, 0.29) is 11.7 Å². The second-order valence-electron chi connectivity index (χ2n) is 9.23. The SMILES string of the molecule is Cc1ccc(Cc2nsc(N(CCC(=O)N3CCN(c4ccccc4F)CC3)Cc3ccco3)n2)cc1. The minimum Gasteiger partial charge on any atom is -0.467 e. The monoisotopic (exact) mass is 519 g/mol. The molecule has 37 heavy (non-hydrogen) atoms. The van der Waals surface area contributed by atoms with E-state index in [4.69, 9.17) is 9.40 Å². The first-order valence-electron chi connectivity index (χ1n) is 12.5. The molecule has 5 rings (SSSR count). The second kappa shape index (κ2) is 11.6. The number of benzene rings is 2. The van der Waals surface area contributed by atoms with Crippen LogP contribution in [0.4, 0.5) is 15.2 Å². The molecule has 9 heteroatoms. The number of aromatic nitrogens is 2. The Morgan fingerprint density at radius 3 is 2.57 bits per heavy atom. The van der Waals surface area contributed by atoms with Crippen molar-refractivity contribution in [1.82, 2.24) is 14.3 Å². The fourth-order valence-electron chi connectivity index (χ4n) is 4.46. The van der Waals surface area contributed by atoms with E-state index in [1.54, 1.807) is 18.4 Å². The Kier molecular flexibility index (Phi) is 7.79. The van der Waals surface area contributed by atoms with E-state index in [1.165, 1.54) is 23.2 Å². The number of piperazine rings is 1. The third-order valence-corrected chi connectivity index (χ3v) is 7.37. The lowest BCUT2D eigenvalue weighted by Crippen LogP contribution is -2.49. The highest BCUT2D eigenvalue weighted by molar-refractivity contribution is 7.09. The molecule has 0 atom stereocenters. The van der Waals surface area contributed by atoms with Crippen molar-refractivity contribution in [2.24, 2.45) is 0 Å². The first kappa shape index (κ1) is 25.0. The lowest BCUT2D eigenvalue weighted by Gasteiger charge is -2.36. The van der Waals surface area contributed by atoms with Crippen LogP contribution >= 0.6 is 11.5 Å². The molecule has 0 aliphatic carbocycles. The third kappa shape index (κ3) is 6.35. The van der Waals surface area contributed by atoms with Gasteiger partial charge in [0.05, 0.1) is 18.5 Å². The Morgan fingerprint density at radius 1 is 1.05 bits per heavy atom. The number of hydrogen-bond acceptors (Lipinski definition) is 7. The summed E-state index contributed by atoms with van der Waals surface area (Å²) in [5, 5.41) is 0.774. The minimum atomic E-state index is -0.227. The van der Waals surface area contributed by atoms with Gasteiger partial charge in [-0.3, -0.25) is 4.79 Å². The Hall–Kier alpha value is -3.72. The molecule has 192 valence electrons. The molecule has 3 heterocycles. The molecule has 2 aromatic carbocycles. The average Bonchev–Trinajstić information content (AvgIpc) is 3.60. The van der Waals surface area contributed by atoms with Crippen LogP contribution in [-0.2, 0) is 17.8 Å². The summed E-state index contributed by atoms with van der Waals surface area (Å²) in [6.07, 6.45) is 2.67. The van der Waals surface area contributed by atoms with Gasteiger partial charge in [-0.15, -0.1) is 0 Å². The van der Waals surface area contributed by atoms with Crippen LogP contribution in [-0.4, -0.2) is 52.9 Å². The van der Waals surface area contributed by atoms with Gasteiger partial charge in [0.1, 0.15) is 17.4 Å². The summed E-state index contributed by atoms with van der Waals surface area (Å²) in [6.45, 7) is 5.46. The molecule has 1 amide bonds. The molecule has 4 aromatic rings. The maximum atomic E-state index is 14.2. The molecule has 1 aliphatic rings. The topological polar surface area (TPSA) is 65.7 Å². The summed E-state index contributed by atoms with van der Waals surface area (Å²) in [5.41, 5.74) is 2.98. The van der Waals surface area contributed by atoms with E-state index in [9.17, 15) is 9.18 Å². The van der Waals surface area contributed by atoms with Gasteiger partial charge in [-0.05, 0) is 36.8 Å². The smallest absolute Gasteiger partial charge is 0.224 e. The Labute approximate surface area is 220 Å². The maximum Gasteiger partial charge on any atom is 0.224 e. The van der Waals surface area contributed by atoms with Gasteiger partial charge < -0.3 is 19.1 Å². The zero-order valence-corrected chi connectivity index (χ0v) is 21.7. The van der Waals surface area contributed by atoms with E-state index >= 15 is 0 Å². The van der Waals surface area contributed by atoms with Crippen LogP contribution in [0.5, 0.6) is 0 Å². The lowest BCUT2D eigenvalue weighted by atomic mass is 10.1. The number of rotatable bonds is 9. The van der Waals surface area contributed by atoms with Crippen molar-refractivity contribution in [3.05, 3.63) is 95.5 Å². The summed E-state index contributed by atoms with van der Waals surface area (Å²) in [7, 11) is 0. The number of amides is 1. The summed E-state index contributed by atoms with van der Waals surface area (Å²) in [5.74, 6) is 1.43. The van der Waals surface area contributed by atoms with Crippen molar-refractivity contribution in [2.75, 3.05) is 42.5 Å². The first-order chi connectivity index (χ1) is 18.0. The van der Waals surface area contributed by atoms with Gasteiger partial charge in [0.15, 0.2) is 0 Å². The number of carbonyl (C=O) groups excluding carboxylic acids is 1. The molecule has 7 nitrogen and oxygen atoms in total. The van der Waals surface area contributed by atoms with Crippen molar-refractivity contribution >= 4 is 28.3 Å². The Morgan fingerprint density at radius 2 is 1.84 bits per heavy atom. The van der Waals surface area contributed by atoms with Crippen molar-refractivity contribution in [2.45, 2.75) is 26.3 Å². The Bertz CT molecular complexity index is 1300. The van der Waals surface area contributed by atoms with E-state index in [0.717, 1.165) is 22.3 Å². The van der Waals surface area contributed by atoms with Gasteiger partial charge in [0.25, 0.3) is 0 Å². The fourth-order valence-corrected chi connectivity index (χ4v) is 5.17. The quantitative estimate of drug-likeness (QED) is 0.313. The van der Waals surface area contributed by atoms with Gasteiger partial charge in [0.2, 0.25) is 11.0 Å². The van der Waals surface area contributed by atoms with Crippen molar-refractivity contribution < 1.29 is 13.6 Å². The molecular weight excluding hydrogens is 489 g/mol. The zero-order valence-electron chi connectivity index (χ0n) is 20.8. The van der Waals surface area contributed by atoms with Crippen molar-refractivity contribution in [3.63, 3.8) is 0 Å². The summed E-state index contributed by atoms with van der Waals surface area (Å²) in [4.78, 5) is 23.8. The predicted octanol–water partition coefficient (Wildman–Crippen LogP) is 4.91. The summed E-state index contributed by atoms with van der Waals surface area (Å²) < 4.78 is 24.3. The molecule has 0 saturated carbocycles. The van der Waals surface area contributed by atoms with Crippen LogP contribution in [0.15, 0.2) is 71.3 Å². The normalized spacial score (nSPS) is 13.7. The first-order valence-corrected chi connectivity index (χ1v) is 13.3. The second-order valence-corrected chi connectivity index (χ2v) is 9.96. The van der Waals surface area contributed by atoms with E-state index in [1.807, 2.05) is 28.0 Å². The molecule has 2 aromatic heterocycles. The molecule has 1 aliphatic heterocycles. The number of aryl methyl sites for hydroxylation is 1. The Balaban J connectivity index is 1.20. The highest BCUT2D eigenvalue weighted by atomic mass is 32.1. The minimum absolute atomic E-state index is 0.0852. The number of anilines is 2. The number of hydrogen-bond donors (Lipinski definition) is 0. The molecule has 1 saturated heterocycles. The zero-order chi connectivity index (χ0) is 25.6. The van der Waals surface area contributed by atoms with Crippen LogP contribution in [0.3, 0.4) is 0 Å². The molecule has 0 N–H and O–H groups in total. The van der Waals surface area contributed by atoms with Crippen LogP contribution in [0, 0.1) is 12.7 Å². The van der Waals surface area contributed by atoms with Crippen molar-refractivity contribution in [1.29, 1.82) is 0 Å². The highest BCUT2D eigenvalue weighted by Crippen LogP contribution is 2.23. The predicted molar refractivity (Wildman–Crippen MR) is 143 cm³/mol.